The molecule has 4 rings (SSSR count). The predicted molar refractivity (Wildman–Crippen MR) is 132 cm³/mol. The Morgan fingerprint density at radius 1 is 1.22 bits per heavy atom. The number of carbonyl (C=O) groups excluding carboxylic acids is 1. The first-order valence-electron chi connectivity index (χ1n) is 12.0. The molecule has 3 aromatic rings. The van der Waals surface area contributed by atoms with E-state index in [-0.39, 0.29) is 12.4 Å². The van der Waals surface area contributed by atoms with Crippen LogP contribution in [0.1, 0.15) is 42.6 Å². The molecule has 1 aliphatic rings. The number of rotatable bonds is 8. The molecule has 1 fully saturated rings. The summed E-state index contributed by atoms with van der Waals surface area (Å²) in [6.45, 7) is 6.20. The van der Waals surface area contributed by atoms with Crippen molar-refractivity contribution in [1.29, 1.82) is 0 Å². The molecule has 1 unspecified atom stereocenters. The van der Waals surface area contributed by atoms with E-state index in [9.17, 15) is 18.0 Å². The number of esters is 1. The van der Waals surface area contributed by atoms with Crippen LogP contribution in [0.2, 0.25) is 5.02 Å². The van der Waals surface area contributed by atoms with Gasteiger partial charge in [-0.3, -0.25) is 0 Å². The zero-order chi connectivity index (χ0) is 25.9. The molecule has 194 valence electrons. The molecule has 0 spiro atoms. The van der Waals surface area contributed by atoms with Gasteiger partial charge in [0, 0.05) is 17.6 Å². The van der Waals surface area contributed by atoms with E-state index in [4.69, 9.17) is 26.1 Å². The second-order valence-electron chi connectivity index (χ2n) is 9.16. The lowest BCUT2D eigenvalue weighted by Gasteiger charge is -2.22. The fourth-order valence-corrected chi connectivity index (χ4v) is 4.67. The zero-order valence-electron chi connectivity index (χ0n) is 20.3. The van der Waals surface area contributed by atoms with Crippen molar-refractivity contribution in [3.8, 4) is 11.5 Å². The first kappa shape index (κ1) is 26.3. The van der Waals surface area contributed by atoms with Gasteiger partial charge in [-0.1, -0.05) is 11.6 Å². The zero-order valence-corrected chi connectivity index (χ0v) is 21.0. The van der Waals surface area contributed by atoms with E-state index in [2.05, 4.69) is 5.32 Å². The highest BCUT2D eigenvalue weighted by molar-refractivity contribution is 6.30. The van der Waals surface area contributed by atoms with Gasteiger partial charge >= 0.3 is 12.1 Å². The van der Waals surface area contributed by atoms with E-state index >= 15 is 0 Å². The van der Waals surface area contributed by atoms with Gasteiger partial charge in [0.1, 0.15) is 23.9 Å². The van der Waals surface area contributed by atoms with Crippen molar-refractivity contribution >= 4 is 28.6 Å². The number of benzene rings is 2. The SMILES string of the molecule is Cc1c(OC(=O)C(F)(F)F)cc2c(nc(COc3ccc(Cl)cc3)n2CCCC2CCCNC2)c1C. The number of halogens is 4. The third-order valence-electron chi connectivity index (χ3n) is 6.65. The summed E-state index contributed by atoms with van der Waals surface area (Å²) in [5, 5.41) is 4.02. The fourth-order valence-electron chi connectivity index (χ4n) is 4.54. The van der Waals surface area contributed by atoms with Crippen LogP contribution in [0.15, 0.2) is 30.3 Å². The van der Waals surface area contributed by atoms with E-state index in [0.29, 0.717) is 51.2 Å². The van der Waals surface area contributed by atoms with E-state index < -0.39 is 12.1 Å². The summed E-state index contributed by atoms with van der Waals surface area (Å²) in [6, 6.07) is 8.45. The second-order valence-corrected chi connectivity index (χ2v) is 9.59. The summed E-state index contributed by atoms with van der Waals surface area (Å²) in [4.78, 5) is 16.3. The summed E-state index contributed by atoms with van der Waals surface area (Å²) in [7, 11) is 0. The van der Waals surface area contributed by atoms with Crippen molar-refractivity contribution < 1.29 is 27.4 Å². The number of imidazole rings is 1. The number of hydrogen-bond acceptors (Lipinski definition) is 5. The molecular weight excluding hydrogens is 495 g/mol. The largest absolute Gasteiger partial charge is 0.491 e. The van der Waals surface area contributed by atoms with E-state index in [1.165, 1.54) is 12.5 Å². The fraction of sp³-hybridized carbons (Fsp3) is 0.462. The third-order valence-corrected chi connectivity index (χ3v) is 6.90. The molecule has 0 saturated carbocycles. The van der Waals surface area contributed by atoms with Gasteiger partial charge in [0.2, 0.25) is 0 Å². The number of aromatic nitrogens is 2. The van der Waals surface area contributed by atoms with Crippen molar-refractivity contribution in [3.63, 3.8) is 0 Å². The molecule has 1 aliphatic heterocycles. The maximum absolute atomic E-state index is 12.9. The van der Waals surface area contributed by atoms with Crippen LogP contribution in [0.5, 0.6) is 11.5 Å². The van der Waals surface area contributed by atoms with Gasteiger partial charge in [0.05, 0.1) is 11.0 Å². The Labute approximate surface area is 212 Å². The Morgan fingerprint density at radius 2 is 1.97 bits per heavy atom. The summed E-state index contributed by atoms with van der Waals surface area (Å²) in [5.41, 5.74) is 2.34. The van der Waals surface area contributed by atoms with Crippen LogP contribution in [0.3, 0.4) is 0 Å². The minimum absolute atomic E-state index is 0.120. The molecule has 0 radical (unpaired) electrons. The van der Waals surface area contributed by atoms with Crippen LogP contribution < -0.4 is 14.8 Å². The highest BCUT2D eigenvalue weighted by atomic mass is 35.5. The topological polar surface area (TPSA) is 65.4 Å². The summed E-state index contributed by atoms with van der Waals surface area (Å²) in [5.74, 6) is -0.506. The first-order chi connectivity index (χ1) is 17.1. The van der Waals surface area contributed by atoms with Gasteiger partial charge in [-0.25, -0.2) is 9.78 Å². The maximum atomic E-state index is 12.9. The van der Waals surface area contributed by atoms with Gasteiger partial charge < -0.3 is 19.4 Å². The summed E-state index contributed by atoms with van der Waals surface area (Å²) in [6.07, 6.45) is -0.853. The number of fused-ring (bicyclic) bond motifs is 1. The van der Waals surface area contributed by atoms with Gasteiger partial charge in [0.25, 0.3) is 0 Å². The summed E-state index contributed by atoms with van der Waals surface area (Å²) >= 11 is 5.96. The highest BCUT2D eigenvalue weighted by Gasteiger charge is 2.41. The monoisotopic (exact) mass is 523 g/mol. The molecule has 0 bridgehead atoms. The first-order valence-corrected chi connectivity index (χ1v) is 12.4. The van der Waals surface area contributed by atoms with Crippen molar-refractivity contribution in [3.05, 3.63) is 52.3 Å². The van der Waals surface area contributed by atoms with Crippen LogP contribution in [0.4, 0.5) is 13.2 Å². The molecule has 2 heterocycles. The molecule has 0 amide bonds. The van der Waals surface area contributed by atoms with Gasteiger partial charge in [-0.05, 0) is 93.9 Å². The molecule has 1 N–H and O–H groups in total. The number of piperidine rings is 1. The van der Waals surface area contributed by atoms with Crippen LogP contribution in [0, 0.1) is 19.8 Å². The molecule has 0 aliphatic carbocycles. The van der Waals surface area contributed by atoms with Crippen LogP contribution in [-0.2, 0) is 17.9 Å². The smallest absolute Gasteiger partial charge is 0.486 e. The average Bonchev–Trinajstić information content (AvgIpc) is 3.19. The number of carbonyl (C=O) groups is 1. The van der Waals surface area contributed by atoms with Crippen molar-refractivity contribution in [2.75, 3.05) is 13.1 Å². The Hall–Kier alpha value is -2.78. The minimum atomic E-state index is -5.08. The Kier molecular flexibility index (Phi) is 8.10. The molecule has 2 aromatic carbocycles. The Balaban J connectivity index is 1.64. The molecule has 10 heteroatoms. The average molecular weight is 524 g/mol. The quantitative estimate of drug-likeness (QED) is 0.284. The molecule has 36 heavy (non-hydrogen) atoms. The lowest BCUT2D eigenvalue weighted by Crippen LogP contribution is -2.29. The molecule has 6 nitrogen and oxygen atoms in total. The molecule has 1 aromatic heterocycles. The lowest BCUT2D eigenvalue weighted by molar-refractivity contribution is -0.189. The predicted octanol–water partition coefficient (Wildman–Crippen LogP) is 6.13. The minimum Gasteiger partial charge on any atom is -0.486 e. The third kappa shape index (κ3) is 6.13. The lowest BCUT2D eigenvalue weighted by atomic mass is 9.95. The number of aryl methyl sites for hydroxylation is 2. The van der Waals surface area contributed by atoms with Crippen molar-refractivity contribution in [2.24, 2.45) is 5.92 Å². The summed E-state index contributed by atoms with van der Waals surface area (Å²) < 4.78 is 51.3. The van der Waals surface area contributed by atoms with Crippen molar-refractivity contribution in [1.82, 2.24) is 14.9 Å². The van der Waals surface area contributed by atoms with Gasteiger partial charge in [0.15, 0.2) is 0 Å². The van der Waals surface area contributed by atoms with Crippen LogP contribution in [-0.4, -0.2) is 34.8 Å². The normalized spacial score (nSPS) is 16.3. The second kappa shape index (κ2) is 11.1. The Bertz CT molecular complexity index is 1220. The van der Waals surface area contributed by atoms with E-state index in [1.807, 2.05) is 4.57 Å². The van der Waals surface area contributed by atoms with Gasteiger partial charge in [-0.15, -0.1) is 0 Å². The standard InChI is InChI=1S/C26H29ClF3N3O3/c1-16-17(2)24-21(13-22(16)36-25(34)26(28,29)30)33(12-4-6-18-5-3-11-31-14-18)23(32-24)15-35-20-9-7-19(27)8-10-20/h7-10,13,18,31H,3-6,11-12,14-15H2,1-2H3. The number of nitrogens with zero attached hydrogens (tertiary/aromatic N) is 2. The van der Waals surface area contributed by atoms with Crippen LogP contribution in [0.25, 0.3) is 11.0 Å². The van der Waals surface area contributed by atoms with E-state index in [1.54, 1.807) is 38.1 Å². The highest BCUT2D eigenvalue weighted by Crippen LogP contribution is 2.33. The number of hydrogen-bond donors (Lipinski definition) is 1. The van der Waals surface area contributed by atoms with Crippen LogP contribution >= 0.6 is 11.6 Å². The molecule has 1 saturated heterocycles. The molecular formula is C26H29ClF3N3O3. The number of ether oxygens (including phenoxy) is 2. The Morgan fingerprint density at radius 3 is 2.64 bits per heavy atom. The number of alkyl halides is 3. The van der Waals surface area contributed by atoms with E-state index in [0.717, 1.165) is 32.4 Å². The number of nitrogens with one attached hydrogen (secondary N) is 1. The molecule has 1 atom stereocenters. The van der Waals surface area contributed by atoms with Gasteiger partial charge in [-0.2, -0.15) is 13.2 Å². The van der Waals surface area contributed by atoms with Crippen molar-refractivity contribution in [2.45, 2.75) is 58.9 Å². The maximum Gasteiger partial charge on any atom is 0.491 e.